The predicted octanol–water partition coefficient (Wildman–Crippen LogP) is 1.70. The first-order valence-corrected chi connectivity index (χ1v) is 8.89. The molecule has 1 aliphatic rings. The third-order valence-corrected chi connectivity index (χ3v) is 4.66. The largest absolute Gasteiger partial charge is 0.454 e. The van der Waals surface area contributed by atoms with Crippen LogP contribution in [0.15, 0.2) is 51.9 Å². The highest BCUT2D eigenvalue weighted by atomic mass is 32.2. The minimum atomic E-state index is -3.89. The first kappa shape index (κ1) is 15.6. The number of hydrogen-bond acceptors (Lipinski definition) is 7. The molecule has 0 spiro atoms. The maximum absolute atomic E-state index is 11.7. The molecule has 3 aromatic rings. The summed E-state index contributed by atoms with van der Waals surface area (Å²) in [5, 5.41) is 9.10. The second-order valence-electron chi connectivity index (χ2n) is 5.42. The minimum absolute atomic E-state index is 0.0505. The van der Waals surface area contributed by atoms with Crippen LogP contribution in [-0.2, 0) is 16.4 Å². The highest BCUT2D eigenvalue weighted by molar-refractivity contribution is 7.89. The van der Waals surface area contributed by atoms with Crippen LogP contribution in [0.2, 0.25) is 0 Å². The van der Waals surface area contributed by atoms with Gasteiger partial charge in [0.05, 0.1) is 11.3 Å². The molecule has 2 aromatic carbocycles. The SMILES string of the molecule is NS(=O)(=O)c1ccccc1-c1noc(Cc2ccc3c(c2)OCO3)n1. The molecule has 0 bridgehead atoms. The van der Waals surface area contributed by atoms with Crippen molar-refractivity contribution in [3.05, 3.63) is 53.9 Å². The van der Waals surface area contributed by atoms with E-state index in [1.807, 2.05) is 18.2 Å². The Kier molecular flexibility index (Phi) is 3.66. The number of hydrogen-bond donors (Lipinski definition) is 1. The monoisotopic (exact) mass is 359 g/mol. The fourth-order valence-corrected chi connectivity index (χ4v) is 3.30. The van der Waals surface area contributed by atoms with E-state index in [0.29, 0.717) is 29.4 Å². The summed E-state index contributed by atoms with van der Waals surface area (Å²) >= 11 is 0. The number of rotatable bonds is 4. The van der Waals surface area contributed by atoms with Crippen LogP contribution < -0.4 is 14.6 Å². The summed E-state index contributed by atoms with van der Waals surface area (Å²) in [6, 6.07) is 11.8. The van der Waals surface area contributed by atoms with E-state index in [2.05, 4.69) is 10.1 Å². The summed E-state index contributed by atoms with van der Waals surface area (Å²) in [4.78, 5) is 4.22. The molecule has 0 radical (unpaired) electrons. The Morgan fingerprint density at radius 2 is 1.88 bits per heavy atom. The van der Waals surface area contributed by atoms with E-state index in [4.69, 9.17) is 19.1 Å². The third-order valence-electron chi connectivity index (χ3n) is 3.69. The second kappa shape index (κ2) is 5.87. The molecule has 0 atom stereocenters. The van der Waals surface area contributed by atoms with Crippen molar-refractivity contribution in [3.63, 3.8) is 0 Å². The molecular formula is C16H13N3O5S. The van der Waals surface area contributed by atoms with Gasteiger partial charge in [0.25, 0.3) is 0 Å². The topological polar surface area (TPSA) is 118 Å². The van der Waals surface area contributed by atoms with Gasteiger partial charge < -0.3 is 14.0 Å². The maximum Gasteiger partial charge on any atom is 0.238 e. The standard InChI is InChI=1S/C16H13N3O5S/c17-25(20,21)14-4-2-1-3-11(14)16-18-15(24-19-16)8-10-5-6-12-13(7-10)23-9-22-12/h1-7H,8-9H2,(H2,17,20,21). The lowest BCUT2D eigenvalue weighted by Gasteiger charge is -2.02. The number of primary sulfonamides is 1. The quantitative estimate of drug-likeness (QED) is 0.753. The average Bonchev–Trinajstić information content (AvgIpc) is 3.23. The van der Waals surface area contributed by atoms with Crippen LogP contribution in [-0.4, -0.2) is 25.4 Å². The molecule has 0 amide bonds. The average molecular weight is 359 g/mol. The number of fused-ring (bicyclic) bond motifs is 1. The Bertz CT molecular complexity index is 1050. The zero-order valence-electron chi connectivity index (χ0n) is 12.9. The van der Waals surface area contributed by atoms with E-state index >= 15 is 0 Å². The van der Waals surface area contributed by atoms with Crippen molar-refractivity contribution in [2.45, 2.75) is 11.3 Å². The van der Waals surface area contributed by atoms with Crippen LogP contribution >= 0.6 is 0 Å². The highest BCUT2D eigenvalue weighted by Crippen LogP contribution is 2.33. The van der Waals surface area contributed by atoms with Crippen LogP contribution in [0.3, 0.4) is 0 Å². The summed E-state index contributed by atoms with van der Waals surface area (Å²) in [7, 11) is -3.89. The molecule has 4 rings (SSSR count). The van der Waals surface area contributed by atoms with Crippen molar-refractivity contribution in [1.29, 1.82) is 0 Å². The maximum atomic E-state index is 11.7. The summed E-state index contributed by atoms with van der Waals surface area (Å²) in [5.74, 6) is 1.87. The molecule has 1 aromatic heterocycles. The summed E-state index contributed by atoms with van der Waals surface area (Å²) in [6.07, 6.45) is 0.376. The molecule has 0 fully saturated rings. The molecule has 8 nitrogen and oxygen atoms in total. The van der Waals surface area contributed by atoms with Gasteiger partial charge in [-0.15, -0.1) is 0 Å². The van der Waals surface area contributed by atoms with E-state index < -0.39 is 10.0 Å². The van der Waals surface area contributed by atoms with E-state index in [1.165, 1.54) is 6.07 Å². The Morgan fingerprint density at radius 1 is 1.08 bits per heavy atom. The predicted molar refractivity (Wildman–Crippen MR) is 86.5 cm³/mol. The van der Waals surface area contributed by atoms with Crippen LogP contribution in [0, 0.1) is 0 Å². The van der Waals surface area contributed by atoms with Crippen LogP contribution in [0.4, 0.5) is 0 Å². The fraction of sp³-hybridized carbons (Fsp3) is 0.125. The first-order chi connectivity index (χ1) is 12.0. The number of nitrogens with two attached hydrogens (primary N) is 1. The van der Waals surface area contributed by atoms with Gasteiger partial charge in [0.2, 0.25) is 28.5 Å². The van der Waals surface area contributed by atoms with E-state index in [-0.39, 0.29) is 17.5 Å². The van der Waals surface area contributed by atoms with Gasteiger partial charge in [-0.1, -0.05) is 23.4 Å². The third kappa shape index (κ3) is 3.06. The van der Waals surface area contributed by atoms with Gasteiger partial charge in [0.1, 0.15) is 0 Å². The number of ether oxygens (including phenoxy) is 2. The van der Waals surface area contributed by atoms with Gasteiger partial charge in [0.15, 0.2) is 11.5 Å². The minimum Gasteiger partial charge on any atom is -0.454 e. The van der Waals surface area contributed by atoms with Crippen LogP contribution in [0.25, 0.3) is 11.4 Å². The summed E-state index contributed by atoms with van der Waals surface area (Å²) < 4.78 is 39.2. The normalized spacial score (nSPS) is 13.2. The Morgan fingerprint density at radius 3 is 2.72 bits per heavy atom. The molecule has 2 heterocycles. The lowest BCUT2D eigenvalue weighted by atomic mass is 10.1. The van der Waals surface area contributed by atoms with Crippen molar-refractivity contribution < 1.29 is 22.4 Å². The van der Waals surface area contributed by atoms with Gasteiger partial charge in [-0.3, -0.25) is 0 Å². The van der Waals surface area contributed by atoms with Crippen LogP contribution in [0.5, 0.6) is 11.5 Å². The van der Waals surface area contributed by atoms with Crippen molar-refractivity contribution in [2.24, 2.45) is 5.14 Å². The summed E-state index contributed by atoms with van der Waals surface area (Å²) in [6.45, 7) is 0.202. The van der Waals surface area contributed by atoms with Gasteiger partial charge in [0, 0.05) is 5.56 Å². The molecule has 2 N–H and O–H groups in total. The lowest BCUT2D eigenvalue weighted by molar-refractivity contribution is 0.174. The molecule has 1 aliphatic heterocycles. The Labute approximate surface area is 143 Å². The van der Waals surface area contributed by atoms with Gasteiger partial charge in [-0.05, 0) is 29.8 Å². The smallest absolute Gasteiger partial charge is 0.238 e. The van der Waals surface area contributed by atoms with Gasteiger partial charge in [-0.2, -0.15) is 4.98 Å². The van der Waals surface area contributed by atoms with Crippen molar-refractivity contribution in [3.8, 4) is 22.9 Å². The number of nitrogens with zero attached hydrogens (tertiary/aromatic N) is 2. The van der Waals surface area contributed by atoms with Crippen molar-refractivity contribution in [1.82, 2.24) is 10.1 Å². The van der Waals surface area contributed by atoms with Gasteiger partial charge >= 0.3 is 0 Å². The van der Waals surface area contributed by atoms with Crippen molar-refractivity contribution >= 4 is 10.0 Å². The van der Waals surface area contributed by atoms with Gasteiger partial charge in [-0.25, -0.2) is 13.6 Å². The lowest BCUT2D eigenvalue weighted by Crippen LogP contribution is -2.13. The molecule has 25 heavy (non-hydrogen) atoms. The van der Waals surface area contributed by atoms with E-state index in [9.17, 15) is 8.42 Å². The molecule has 0 saturated heterocycles. The van der Waals surface area contributed by atoms with E-state index in [1.54, 1.807) is 18.2 Å². The Balaban J connectivity index is 1.63. The summed E-state index contributed by atoms with van der Waals surface area (Å²) in [5.41, 5.74) is 1.20. The fourth-order valence-electron chi connectivity index (χ4n) is 2.56. The molecule has 0 unspecified atom stereocenters. The van der Waals surface area contributed by atoms with Crippen molar-refractivity contribution in [2.75, 3.05) is 6.79 Å². The number of aromatic nitrogens is 2. The zero-order chi connectivity index (χ0) is 17.4. The highest BCUT2D eigenvalue weighted by Gasteiger charge is 2.19. The molecule has 128 valence electrons. The molecular weight excluding hydrogens is 346 g/mol. The molecule has 9 heteroatoms. The number of benzene rings is 2. The number of sulfonamides is 1. The molecule has 0 aliphatic carbocycles. The second-order valence-corrected chi connectivity index (χ2v) is 6.95. The Hall–Kier alpha value is -2.91. The van der Waals surface area contributed by atoms with Crippen LogP contribution in [0.1, 0.15) is 11.5 Å². The zero-order valence-corrected chi connectivity index (χ0v) is 13.7. The molecule has 0 saturated carbocycles. The first-order valence-electron chi connectivity index (χ1n) is 7.34. The van der Waals surface area contributed by atoms with E-state index in [0.717, 1.165) is 5.56 Å².